The second kappa shape index (κ2) is 4.22. The molecule has 3 nitrogen and oxygen atoms in total. The van der Waals surface area contributed by atoms with Crippen molar-refractivity contribution >= 4 is 5.69 Å². The molecule has 0 aliphatic carbocycles. The minimum absolute atomic E-state index is 0.563. The first-order valence-electron chi connectivity index (χ1n) is 5.16. The molecule has 3 heteroatoms. The van der Waals surface area contributed by atoms with Crippen LogP contribution in [0.15, 0.2) is 18.2 Å². The van der Waals surface area contributed by atoms with Crippen LogP contribution in [-0.4, -0.2) is 19.7 Å². The Morgan fingerprint density at radius 1 is 1.53 bits per heavy atom. The number of hydrogen-bond donors (Lipinski definition) is 0. The van der Waals surface area contributed by atoms with E-state index in [9.17, 15) is 0 Å². The molecule has 15 heavy (non-hydrogen) atoms. The van der Waals surface area contributed by atoms with E-state index in [1.54, 1.807) is 0 Å². The van der Waals surface area contributed by atoms with Crippen LogP contribution < -0.4 is 9.64 Å². The van der Waals surface area contributed by atoms with Gasteiger partial charge in [0.2, 0.25) is 0 Å². The summed E-state index contributed by atoms with van der Waals surface area (Å²) in [5, 5.41) is 8.58. The number of aryl methyl sites for hydroxylation is 1. The Hall–Kier alpha value is -1.69. The van der Waals surface area contributed by atoms with Crippen molar-refractivity contribution in [2.75, 3.05) is 24.6 Å². The van der Waals surface area contributed by atoms with Gasteiger partial charge < -0.3 is 9.64 Å². The van der Waals surface area contributed by atoms with Crippen molar-refractivity contribution in [3.63, 3.8) is 0 Å². The minimum Gasteiger partial charge on any atom is -0.490 e. The lowest BCUT2D eigenvalue weighted by Gasteiger charge is -2.30. The molecule has 0 bridgehead atoms. The smallest absolute Gasteiger partial charge is 0.142 e. The summed E-state index contributed by atoms with van der Waals surface area (Å²) in [7, 11) is 0. The molecule has 0 fully saturated rings. The van der Waals surface area contributed by atoms with Gasteiger partial charge in [-0.15, -0.1) is 0 Å². The Labute approximate surface area is 89.9 Å². The molecule has 0 spiro atoms. The van der Waals surface area contributed by atoms with Crippen molar-refractivity contribution in [1.29, 1.82) is 5.26 Å². The van der Waals surface area contributed by atoms with Crippen molar-refractivity contribution in [2.24, 2.45) is 0 Å². The third-order valence-electron chi connectivity index (χ3n) is 2.57. The van der Waals surface area contributed by atoms with Crippen LogP contribution in [0.3, 0.4) is 0 Å². The van der Waals surface area contributed by atoms with Gasteiger partial charge in [0.1, 0.15) is 12.4 Å². The third-order valence-corrected chi connectivity index (χ3v) is 2.57. The van der Waals surface area contributed by atoms with E-state index in [1.807, 2.05) is 6.07 Å². The largest absolute Gasteiger partial charge is 0.490 e. The van der Waals surface area contributed by atoms with E-state index >= 15 is 0 Å². The average molecular weight is 202 g/mol. The molecule has 0 saturated carbocycles. The maximum atomic E-state index is 8.58. The van der Waals surface area contributed by atoms with Gasteiger partial charge >= 0.3 is 0 Å². The number of ether oxygens (including phenoxy) is 1. The predicted octanol–water partition coefficient (Wildman–Crippen LogP) is 2.11. The summed E-state index contributed by atoms with van der Waals surface area (Å²) in [6.45, 7) is 4.42. The lowest BCUT2D eigenvalue weighted by Crippen LogP contribution is -2.33. The van der Waals surface area contributed by atoms with E-state index in [0.717, 1.165) is 24.5 Å². The van der Waals surface area contributed by atoms with Crippen LogP contribution in [0.25, 0.3) is 0 Å². The fraction of sp³-hybridized carbons (Fsp3) is 0.417. The van der Waals surface area contributed by atoms with Gasteiger partial charge in [-0.05, 0) is 24.6 Å². The highest BCUT2D eigenvalue weighted by Crippen LogP contribution is 2.32. The van der Waals surface area contributed by atoms with E-state index in [2.05, 4.69) is 30.0 Å². The molecule has 0 radical (unpaired) electrons. The van der Waals surface area contributed by atoms with Crippen molar-refractivity contribution < 1.29 is 4.74 Å². The summed E-state index contributed by atoms with van der Waals surface area (Å²) in [6, 6.07) is 8.37. The van der Waals surface area contributed by atoms with Crippen LogP contribution in [0.1, 0.15) is 12.0 Å². The second-order valence-electron chi connectivity index (χ2n) is 3.71. The molecule has 0 aromatic heterocycles. The van der Waals surface area contributed by atoms with Crippen LogP contribution in [0.4, 0.5) is 5.69 Å². The lowest BCUT2D eigenvalue weighted by atomic mass is 10.1. The Balaban J connectivity index is 2.23. The average Bonchev–Trinajstić information content (AvgIpc) is 2.25. The first-order chi connectivity index (χ1) is 7.31. The summed E-state index contributed by atoms with van der Waals surface area (Å²) < 4.78 is 5.59. The Morgan fingerprint density at radius 3 is 3.20 bits per heavy atom. The molecule has 78 valence electrons. The zero-order chi connectivity index (χ0) is 10.7. The number of hydrogen-bond acceptors (Lipinski definition) is 3. The number of anilines is 1. The van der Waals surface area contributed by atoms with Crippen LogP contribution >= 0.6 is 0 Å². The van der Waals surface area contributed by atoms with Gasteiger partial charge in [0.05, 0.1) is 24.7 Å². The molecule has 1 aromatic rings. The fourth-order valence-corrected chi connectivity index (χ4v) is 1.80. The zero-order valence-corrected chi connectivity index (χ0v) is 8.86. The molecule has 0 amide bonds. The van der Waals surface area contributed by atoms with Gasteiger partial charge in [-0.25, -0.2) is 0 Å². The van der Waals surface area contributed by atoms with Crippen molar-refractivity contribution in [2.45, 2.75) is 13.3 Å². The SMILES string of the molecule is Cc1ccc2c(c1)OCCN2CCC#N. The van der Waals surface area contributed by atoms with Crippen LogP contribution in [-0.2, 0) is 0 Å². The van der Waals surface area contributed by atoms with E-state index < -0.39 is 0 Å². The summed E-state index contributed by atoms with van der Waals surface area (Å²) >= 11 is 0. The monoisotopic (exact) mass is 202 g/mol. The maximum Gasteiger partial charge on any atom is 0.142 e. The van der Waals surface area contributed by atoms with Gasteiger partial charge in [0.25, 0.3) is 0 Å². The minimum atomic E-state index is 0.563. The molecule has 1 aromatic carbocycles. The van der Waals surface area contributed by atoms with E-state index in [0.29, 0.717) is 13.0 Å². The number of fused-ring (bicyclic) bond motifs is 1. The zero-order valence-electron chi connectivity index (χ0n) is 8.86. The van der Waals surface area contributed by atoms with Crippen molar-refractivity contribution in [3.05, 3.63) is 23.8 Å². The number of rotatable bonds is 2. The fourth-order valence-electron chi connectivity index (χ4n) is 1.80. The second-order valence-corrected chi connectivity index (χ2v) is 3.71. The first-order valence-corrected chi connectivity index (χ1v) is 5.16. The third kappa shape index (κ3) is 2.04. The molecule has 1 heterocycles. The first kappa shape index (κ1) is 9.85. The van der Waals surface area contributed by atoms with Gasteiger partial charge in [0.15, 0.2) is 0 Å². The Kier molecular flexibility index (Phi) is 2.77. The molecular formula is C12H14N2O. The molecule has 2 rings (SSSR count). The quantitative estimate of drug-likeness (QED) is 0.737. The van der Waals surface area contributed by atoms with E-state index in [4.69, 9.17) is 10.00 Å². The van der Waals surface area contributed by atoms with Gasteiger partial charge in [-0.2, -0.15) is 5.26 Å². The van der Waals surface area contributed by atoms with Crippen LogP contribution in [0.5, 0.6) is 5.75 Å². The summed E-state index contributed by atoms with van der Waals surface area (Å²) in [5.41, 5.74) is 2.32. The highest BCUT2D eigenvalue weighted by molar-refractivity contribution is 5.61. The topological polar surface area (TPSA) is 36.3 Å². The van der Waals surface area contributed by atoms with Crippen LogP contribution in [0.2, 0.25) is 0 Å². The van der Waals surface area contributed by atoms with Crippen LogP contribution in [0, 0.1) is 18.3 Å². The molecule has 0 atom stereocenters. The molecular weight excluding hydrogens is 188 g/mol. The Morgan fingerprint density at radius 2 is 2.40 bits per heavy atom. The Bertz CT molecular complexity index is 395. The van der Waals surface area contributed by atoms with Gasteiger partial charge in [-0.1, -0.05) is 6.07 Å². The molecule has 0 N–H and O–H groups in total. The van der Waals surface area contributed by atoms with Crippen molar-refractivity contribution in [1.82, 2.24) is 0 Å². The molecule has 0 saturated heterocycles. The number of nitrogens with zero attached hydrogens (tertiary/aromatic N) is 2. The maximum absolute atomic E-state index is 8.58. The van der Waals surface area contributed by atoms with E-state index in [1.165, 1.54) is 5.56 Å². The highest BCUT2D eigenvalue weighted by Gasteiger charge is 2.17. The predicted molar refractivity (Wildman–Crippen MR) is 59.1 cm³/mol. The number of nitriles is 1. The van der Waals surface area contributed by atoms with Crippen molar-refractivity contribution in [3.8, 4) is 11.8 Å². The normalized spacial score (nSPS) is 14.0. The summed E-state index contributed by atoms with van der Waals surface area (Å²) in [4.78, 5) is 2.21. The molecule has 1 aliphatic heterocycles. The highest BCUT2D eigenvalue weighted by atomic mass is 16.5. The summed E-state index contributed by atoms with van der Waals surface area (Å²) in [6.07, 6.45) is 0.563. The standard InChI is InChI=1S/C12H14N2O/c1-10-3-4-11-12(9-10)15-8-7-14(11)6-2-5-13/h3-4,9H,2,6-8H2,1H3. The molecule has 0 unspecified atom stereocenters. The van der Waals surface area contributed by atoms with E-state index in [-0.39, 0.29) is 0 Å². The summed E-state index contributed by atoms with van der Waals surface area (Å²) in [5.74, 6) is 0.944. The van der Waals surface area contributed by atoms with Gasteiger partial charge in [0, 0.05) is 6.54 Å². The lowest BCUT2D eigenvalue weighted by molar-refractivity contribution is 0.307. The van der Waals surface area contributed by atoms with Gasteiger partial charge in [-0.3, -0.25) is 0 Å². The molecule has 1 aliphatic rings. The number of benzene rings is 1.